The van der Waals surface area contributed by atoms with Gasteiger partial charge in [-0.15, -0.1) is 0 Å². The van der Waals surface area contributed by atoms with Gasteiger partial charge in [-0.05, 0) is 67.7 Å². The second-order valence-corrected chi connectivity index (χ2v) is 17.1. The lowest BCUT2D eigenvalue weighted by Gasteiger charge is -2.22. The molecule has 3 aliphatic rings. The number of H-pyrrole nitrogens is 1. The van der Waals surface area contributed by atoms with Gasteiger partial charge >= 0.3 is 0 Å². The average Bonchev–Trinajstić information content (AvgIpc) is 4.19. The maximum absolute atomic E-state index is 9.51. The van der Waals surface area contributed by atoms with Gasteiger partial charge in [-0.2, -0.15) is 25.7 Å². The van der Waals surface area contributed by atoms with Crippen LogP contribution in [0.2, 0.25) is 0 Å². The monoisotopic (exact) mass is 896 g/mol. The van der Waals surface area contributed by atoms with Gasteiger partial charge in [0.2, 0.25) is 11.6 Å². The number of oxazole rings is 1. The summed E-state index contributed by atoms with van der Waals surface area (Å²) >= 11 is 4.86. The molecule has 11 heterocycles. The lowest BCUT2D eigenvalue weighted by atomic mass is 9.96. The highest BCUT2D eigenvalue weighted by Crippen LogP contribution is 2.38. The summed E-state index contributed by atoms with van der Waals surface area (Å²) in [5.74, 6) is 1.47. The summed E-state index contributed by atoms with van der Waals surface area (Å²) in [5.41, 5.74) is 7.68. The minimum Gasteiger partial charge on any atom is -0.431 e. The molecule has 0 radical (unpaired) electrons. The summed E-state index contributed by atoms with van der Waals surface area (Å²) < 4.78 is 16.8. The van der Waals surface area contributed by atoms with Crippen LogP contribution in [0.3, 0.4) is 0 Å². The number of rotatable bonds is 9. The molecule has 2 fully saturated rings. The molecule has 9 aromatic heterocycles. The van der Waals surface area contributed by atoms with Crippen LogP contribution in [0.4, 0.5) is 6.01 Å². The van der Waals surface area contributed by atoms with Gasteiger partial charge in [0.15, 0.2) is 5.05 Å². The number of aryl methyl sites for hydroxylation is 1. The Kier molecular flexibility index (Phi) is 11.9. The van der Waals surface area contributed by atoms with Crippen LogP contribution in [0, 0.1) is 34.5 Å². The highest BCUT2D eigenvalue weighted by Gasteiger charge is 2.34. The van der Waals surface area contributed by atoms with E-state index >= 15 is 0 Å². The molecule has 18 nitrogen and oxygen atoms in total. The average molecular weight is 897 g/mol. The number of nitrogens with zero attached hydrogens (tertiary/aromatic N) is 15. The zero-order chi connectivity index (χ0) is 45.0. The summed E-state index contributed by atoms with van der Waals surface area (Å²) in [6.45, 7) is 1.55. The van der Waals surface area contributed by atoms with Crippen molar-refractivity contribution < 1.29 is 9.15 Å². The van der Waals surface area contributed by atoms with Gasteiger partial charge in [-0.25, -0.2) is 29.9 Å². The summed E-state index contributed by atoms with van der Waals surface area (Å²) in [6, 6.07) is 16.9. The number of aromatic amines is 1. The van der Waals surface area contributed by atoms with Crippen LogP contribution in [0.25, 0.3) is 55.8 Å². The first-order valence-corrected chi connectivity index (χ1v) is 22.3. The van der Waals surface area contributed by atoms with Crippen LogP contribution < -0.4 is 9.64 Å². The van der Waals surface area contributed by atoms with Gasteiger partial charge in [0.25, 0.3) is 6.01 Å². The Bertz CT molecular complexity index is 3180. The Labute approximate surface area is 384 Å². The number of anilines is 1. The molecule has 2 aliphatic heterocycles. The largest absolute Gasteiger partial charge is 0.431 e. The number of hydrogen-bond acceptors (Lipinski definition) is 15. The molecule has 0 spiro atoms. The number of fused-ring (bicyclic) bond motifs is 4. The van der Waals surface area contributed by atoms with Gasteiger partial charge in [-0.3, -0.25) is 9.36 Å². The molecule has 0 aromatic carbocycles. The van der Waals surface area contributed by atoms with Crippen molar-refractivity contribution >= 4 is 56.6 Å². The lowest BCUT2D eigenvalue weighted by Crippen LogP contribution is -2.25. The first kappa shape index (κ1) is 42.1. The van der Waals surface area contributed by atoms with E-state index in [-0.39, 0.29) is 18.0 Å². The van der Waals surface area contributed by atoms with Crippen molar-refractivity contribution in [3.05, 3.63) is 104 Å². The number of aromatic nitrogens is 13. The Morgan fingerprint density at radius 2 is 1.53 bits per heavy atom. The quantitative estimate of drug-likeness (QED) is 0.135. The predicted octanol–water partition coefficient (Wildman–Crippen LogP) is 8.16. The van der Waals surface area contributed by atoms with Crippen LogP contribution in [-0.2, 0) is 13.5 Å². The van der Waals surface area contributed by atoms with E-state index in [2.05, 4.69) is 67.1 Å². The fourth-order valence-corrected chi connectivity index (χ4v) is 9.53. The molecule has 19 heteroatoms. The first-order valence-electron chi connectivity index (χ1n) is 21.9. The van der Waals surface area contributed by atoms with Crippen LogP contribution in [0.15, 0.2) is 103 Å². The van der Waals surface area contributed by atoms with Gasteiger partial charge in [0.1, 0.15) is 29.5 Å². The Morgan fingerprint density at radius 3 is 2.27 bits per heavy atom. The number of nitriles is 2. The summed E-state index contributed by atoms with van der Waals surface area (Å²) in [7, 11) is 1.98. The number of ether oxygens (including phenoxy) is 1. The van der Waals surface area contributed by atoms with Gasteiger partial charge < -0.3 is 23.6 Å². The number of hydrogen-bond donors (Lipinski definition) is 1. The van der Waals surface area contributed by atoms with Crippen LogP contribution in [-0.4, -0.2) is 82.1 Å². The number of pyridine rings is 2. The van der Waals surface area contributed by atoms with E-state index in [1.165, 1.54) is 25.7 Å². The second-order valence-electron chi connectivity index (χ2n) is 16.6. The van der Waals surface area contributed by atoms with Gasteiger partial charge in [0, 0.05) is 97.1 Å². The molecule has 12 rings (SSSR count). The molecular formula is C47H44N16O2S. The molecule has 9 aromatic rings. The third-order valence-electron chi connectivity index (χ3n) is 12.6. The minimum absolute atomic E-state index is 0.0511. The molecule has 330 valence electrons. The molecule has 1 saturated carbocycles. The number of thiocarbonyl (C=S) groups is 1. The van der Waals surface area contributed by atoms with Crippen molar-refractivity contribution in [1.82, 2.24) is 64.0 Å². The van der Waals surface area contributed by atoms with Crippen LogP contribution in [0.1, 0.15) is 62.6 Å². The first-order chi connectivity index (χ1) is 32.4. The highest BCUT2D eigenvalue weighted by molar-refractivity contribution is 7.80. The van der Waals surface area contributed by atoms with E-state index < -0.39 is 0 Å². The van der Waals surface area contributed by atoms with E-state index in [1.54, 1.807) is 31.2 Å². The summed E-state index contributed by atoms with van der Waals surface area (Å²) in [6.07, 6.45) is 25.5. The molecular weight excluding hydrogens is 853 g/mol. The van der Waals surface area contributed by atoms with E-state index in [9.17, 15) is 10.5 Å². The third-order valence-corrected chi connectivity index (χ3v) is 12.8. The van der Waals surface area contributed by atoms with Crippen molar-refractivity contribution in [2.45, 2.75) is 63.5 Å². The van der Waals surface area contributed by atoms with Crippen molar-refractivity contribution in [2.75, 3.05) is 18.0 Å². The highest BCUT2D eigenvalue weighted by atomic mass is 32.1. The minimum atomic E-state index is -0.0511. The SMILES string of the molecule is Cn1ccc2c(-c3cnn(C(CC#N)C4CCCC4)c3)ncnc21.N#CCC(C1CCN(c2nc3cccnc3o2)C1)n1cc(-c2ncnc3[nH]ccc23)cn1.S=C1Cc2cccnc2O1. The number of nitrogens with one attached hydrogen (secondary N) is 1. The summed E-state index contributed by atoms with van der Waals surface area (Å²) in [4.78, 5) is 35.5. The van der Waals surface area contributed by atoms with E-state index in [0.29, 0.717) is 41.4 Å². The Hall–Kier alpha value is -7.90. The van der Waals surface area contributed by atoms with E-state index in [1.807, 2.05) is 88.4 Å². The maximum Gasteiger partial charge on any atom is 0.299 e. The fraction of sp³-hybridized carbons (Fsp3) is 0.319. The molecule has 1 saturated heterocycles. The molecule has 0 amide bonds. The third kappa shape index (κ3) is 8.55. The standard InChI is InChI=1S/C22H19N9O.C18H20N6.C7H5NOS/c23-6-3-18(14-5-9-30(11-14)22-29-17-2-1-7-25-21(17)32-22)31-12-15(10-28-31)19-16-4-8-24-20(16)27-13-26-19;1-23-9-7-15-17(20-12-21-18(15)23)14-10-22-24(11-14)16(6-8-19)13-4-2-3-5-13;10-6-4-5-2-1-3-8-7(5)9-6/h1-2,4,7-8,10,12-14,18H,3,5,9,11H2,(H,24,26,27);7,9-13,16H,2-6H2,1H3;1-3H,4H2. The van der Waals surface area contributed by atoms with Crippen molar-refractivity contribution in [2.24, 2.45) is 18.9 Å². The fourth-order valence-electron chi connectivity index (χ4n) is 9.29. The molecule has 3 unspecified atom stereocenters. The lowest BCUT2D eigenvalue weighted by molar-refractivity contribution is 0.315. The molecule has 1 aliphatic carbocycles. The topological polar surface area (TPSA) is 220 Å². The normalized spacial score (nSPS) is 16.6. The van der Waals surface area contributed by atoms with E-state index in [0.717, 1.165) is 81.6 Å². The summed E-state index contributed by atoms with van der Waals surface area (Å²) in [5, 5.41) is 30.5. The van der Waals surface area contributed by atoms with Gasteiger partial charge in [0.05, 0.1) is 60.8 Å². The van der Waals surface area contributed by atoms with Gasteiger partial charge in [-0.1, -0.05) is 18.9 Å². The second kappa shape index (κ2) is 18.7. The van der Waals surface area contributed by atoms with Crippen LogP contribution >= 0.6 is 12.2 Å². The molecule has 3 atom stereocenters. The van der Waals surface area contributed by atoms with Crippen LogP contribution in [0.5, 0.6) is 5.88 Å². The van der Waals surface area contributed by atoms with Crippen molar-refractivity contribution in [3.63, 3.8) is 0 Å². The Morgan fingerprint density at radius 1 is 0.818 bits per heavy atom. The molecule has 66 heavy (non-hydrogen) atoms. The molecule has 0 bridgehead atoms. The molecule has 1 N–H and O–H groups in total. The van der Waals surface area contributed by atoms with E-state index in [4.69, 9.17) is 21.4 Å². The van der Waals surface area contributed by atoms with Crippen molar-refractivity contribution in [1.29, 1.82) is 10.5 Å². The zero-order valence-electron chi connectivity index (χ0n) is 36.1. The van der Waals surface area contributed by atoms with Crippen molar-refractivity contribution in [3.8, 4) is 40.5 Å². The smallest absolute Gasteiger partial charge is 0.299 e. The zero-order valence-corrected chi connectivity index (χ0v) is 36.9. The predicted molar refractivity (Wildman–Crippen MR) is 249 cm³/mol. The maximum atomic E-state index is 9.51. The Balaban J connectivity index is 0.000000131.